The van der Waals surface area contributed by atoms with Gasteiger partial charge in [0.15, 0.2) is 15.6 Å². The summed E-state index contributed by atoms with van der Waals surface area (Å²) in [5.74, 6) is 0.292. The highest BCUT2D eigenvalue weighted by molar-refractivity contribution is 7.91. The van der Waals surface area contributed by atoms with Crippen molar-refractivity contribution in [3.05, 3.63) is 93.5 Å². The van der Waals surface area contributed by atoms with E-state index >= 15 is 0 Å². The van der Waals surface area contributed by atoms with E-state index in [0.29, 0.717) is 21.9 Å². The van der Waals surface area contributed by atoms with Crippen molar-refractivity contribution in [2.24, 2.45) is 0 Å². The number of hydrogen-bond donors (Lipinski definition) is 0. The van der Waals surface area contributed by atoms with Crippen molar-refractivity contribution in [2.75, 3.05) is 7.11 Å². The van der Waals surface area contributed by atoms with Crippen molar-refractivity contribution < 1.29 is 17.9 Å². The monoisotopic (exact) mass is 462 g/mol. The normalized spacial score (nSPS) is 12.4. The summed E-state index contributed by atoms with van der Waals surface area (Å²) >= 11 is 12.3. The molecule has 1 atom stereocenters. The standard InChI is InChI=1S/C23H20Cl2O4S/c1-15-3-10-19(11-4-15)30(27,28)23(20-12-7-17(24)13-21(20)25)14-22(26)16-5-8-18(29-2)9-6-16/h3-13,23H,14H2,1-2H3/t23-/m1/s1. The Morgan fingerprint density at radius 1 is 0.967 bits per heavy atom. The molecule has 0 unspecified atom stereocenters. The summed E-state index contributed by atoms with van der Waals surface area (Å²) < 4.78 is 32.1. The Kier molecular flexibility index (Phi) is 6.86. The molecule has 0 saturated carbocycles. The van der Waals surface area contributed by atoms with Gasteiger partial charge in [-0.05, 0) is 61.0 Å². The maximum absolute atomic E-state index is 13.5. The van der Waals surface area contributed by atoms with E-state index in [1.165, 1.54) is 13.2 Å². The highest BCUT2D eigenvalue weighted by atomic mass is 35.5. The highest BCUT2D eigenvalue weighted by Crippen LogP contribution is 2.37. The molecule has 0 aromatic heterocycles. The first kappa shape index (κ1) is 22.3. The average molecular weight is 463 g/mol. The number of ketones is 1. The Morgan fingerprint density at radius 3 is 2.17 bits per heavy atom. The van der Waals surface area contributed by atoms with Crippen molar-refractivity contribution in [3.8, 4) is 5.75 Å². The van der Waals surface area contributed by atoms with Crippen LogP contribution in [0, 0.1) is 6.92 Å². The van der Waals surface area contributed by atoms with Crippen LogP contribution in [0.5, 0.6) is 5.75 Å². The van der Waals surface area contributed by atoms with Crippen molar-refractivity contribution in [1.82, 2.24) is 0 Å². The molecule has 4 nitrogen and oxygen atoms in total. The van der Waals surface area contributed by atoms with E-state index in [-0.39, 0.29) is 22.1 Å². The second-order valence-electron chi connectivity index (χ2n) is 6.87. The van der Waals surface area contributed by atoms with Crippen LogP contribution in [0.2, 0.25) is 10.0 Å². The van der Waals surface area contributed by atoms with Crippen LogP contribution >= 0.6 is 23.2 Å². The third-order valence-corrected chi connectivity index (χ3v) is 7.48. The van der Waals surface area contributed by atoms with Gasteiger partial charge in [-0.2, -0.15) is 0 Å². The molecule has 0 spiro atoms. The quantitative estimate of drug-likeness (QED) is 0.398. The van der Waals surface area contributed by atoms with Gasteiger partial charge in [-0.3, -0.25) is 4.79 Å². The third-order valence-electron chi connectivity index (χ3n) is 4.82. The minimum atomic E-state index is -3.90. The zero-order valence-corrected chi connectivity index (χ0v) is 18.8. The number of hydrogen-bond acceptors (Lipinski definition) is 4. The fourth-order valence-corrected chi connectivity index (χ4v) is 5.46. The third kappa shape index (κ3) is 4.86. The van der Waals surface area contributed by atoms with Gasteiger partial charge < -0.3 is 4.74 Å². The van der Waals surface area contributed by atoms with E-state index in [2.05, 4.69) is 0 Å². The van der Waals surface area contributed by atoms with E-state index in [0.717, 1.165) is 5.56 Å². The van der Waals surface area contributed by atoms with Crippen LogP contribution in [0.4, 0.5) is 0 Å². The Hall–Kier alpha value is -2.34. The number of methoxy groups -OCH3 is 1. The van der Waals surface area contributed by atoms with Crippen LogP contribution in [0.1, 0.15) is 33.2 Å². The van der Waals surface area contributed by atoms with E-state index in [1.54, 1.807) is 60.7 Å². The summed E-state index contributed by atoms with van der Waals surface area (Å²) in [6.45, 7) is 1.87. The predicted molar refractivity (Wildman–Crippen MR) is 120 cm³/mol. The molecule has 156 valence electrons. The van der Waals surface area contributed by atoms with Crippen LogP contribution in [-0.2, 0) is 9.84 Å². The lowest BCUT2D eigenvalue weighted by atomic mass is 10.0. The highest BCUT2D eigenvalue weighted by Gasteiger charge is 2.33. The van der Waals surface area contributed by atoms with Crippen molar-refractivity contribution in [3.63, 3.8) is 0 Å². The summed E-state index contributed by atoms with van der Waals surface area (Å²) in [7, 11) is -2.36. The summed E-state index contributed by atoms with van der Waals surface area (Å²) in [6, 6.07) is 17.7. The topological polar surface area (TPSA) is 60.4 Å². The second kappa shape index (κ2) is 9.21. The van der Waals surface area contributed by atoms with Crippen molar-refractivity contribution >= 4 is 38.8 Å². The summed E-state index contributed by atoms with van der Waals surface area (Å²) in [5.41, 5.74) is 1.66. The first-order valence-corrected chi connectivity index (χ1v) is 11.5. The van der Waals surface area contributed by atoms with Crippen LogP contribution in [-0.4, -0.2) is 21.3 Å². The number of carbonyl (C=O) groups excluding carboxylic acids is 1. The Morgan fingerprint density at radius 2 is 1.60 bits per heavy atom. The maximum Gasteiger partial charge on any atom is 0.185 e. The number of carbonyl (C=O) groups is 1. The second-order valence-corrected chi connectivity index (χ2v) is 9.84. The molecule has 0 N–H and O–H groups in total. The lowest BCUT2D eigenvalue weighted by Crippen LogP contribution is -2.18. The molecule has 0 radical (unpaired) electrons. The first-order chi connectivity index (χ1) is 14.2. The molecule has 0 aliphatic rings. The number of halogens is 2. The van der Waals surface area contributed by atoms with Gasteiger partial charge in [0, 0.05) is 22.0 Å². The Balaban J connectivity index is 2.05. The van der Waals surface area contributed by atoms with Gasteiger partial charge in [0.25, 0.3) is 0 Å². The molecule has 0 bridgehead atoms. The molecule has 0 heterocycles. The van der Waals surface area contributed by atoms with Crippen molar-refractivity contribution in [1.29, 1.82) is 0 Å². The minimum absolute atomic E-state index is 0.131. The van der Waals surface area contributed by atoms with Gasteiger partial charge in [0.2, 0.25) is 0 Å². The molecule has 7 heteroatoms. The van der Waals surface area contributed by atoms with E-state index in [9.17, 15) is 13.2 Å². The van der Waals surface area contributed by atoms with E-state index < -0.39 is 15.1 Å². The Labute approximate surface area is 186 Å². The lowest BCUT2D eigenvalue weighted by molar-refractivity contribution is 0.0980. The molecule has 3 aromatic rings. The summed E-state index contributed by atoms with van der Waals surface area (Å²) in [4.78, 5) is 13.1. The zero-order valence-electron chi connectivity index (χ0n) is 16.4. The summed E-state index contributed by atoms with van der Waals surface area (Å²) in [5, 5.41) is -0.568. The zero-order chi connectivity index (χ0) is 21.9. The first-order valence-electron chi connectivity index (χ1n) is 9.15. The van der Waals surface area contributed by atoms with Crippen molar-refractivity contribution in [2.45, 2.75) is 23.5 Å². The number of rotatable bonds is 7. The van der Waals surface area contributed by atoms with Gasteiger partial charge in [0.1, 0.15) is 5.75 Å². The maximum atomic E-state index is 13.5. The number of aryl methyl sites for hydroxylation is 1. The molecule has 0 fully saturated rings. The van der Waals surface area contributed by atoms with Crippen LogP contribution in [0.3, 0.4) is 0 Å². The molecular weight excluding hydrogens is 443 g/mol. The number of benzene rings is 3. The Bertz CT molecular complexity index is 1150. The number of Topliss-reactive ketones (excluding diaryl/α,β-unsaturated/α-hetero) is 1. The van der Waals surface area contributed by atoms with Crippen LogP contribution in [0.25, 0.3) is 0 Å². The summed E-state index contributed by atoms with van der Waals surface area (Å²) in [6.07, 6.45) is -0.260. The smallest absolute Gasteiger partial charge is 0.185 e. The van der Waals surface area contributed by atoms with Gasteiger partial charge >= 0.3 is 0 Å². The lowest BCUT2D eigenvalue weighted by Gasteiger charge is -2.19. The van der Waals surface area contributed by atoms with Crippen LogP contribution < -0.4 is 4.74 Å². The molecule has 0 saturated heterocycles. The van der Waals surface area contributed by atoms with Crippen LogP contribution in [0.15, 0.2) is 71.6 Å². The van der Waals surface area contributed by atoms with E-state index in [1.807, 2.05) is 6.92 Å². The molecule has 0 aliphatic heterocycles. The van der Waals surface area contributed by atoms with Gasteiger partial charge in [-0.25, -0.2) is 8.42 Å². The molecule has 30 heavy (non-hydrogen) atoms. The molecule has 3 aromatic carbocycles. The van der Waals surface area contributed by atoms with Gasteiger partial charge in [-0.15, -0.1) is 0 Å². The minimum Gasteiger partial charge on any atom is -0.497 e. The largest absolute Gasteiger partial charge is 0.497 e. The molecule has 0 amide bonds. The fourth-order valence-electron chi connectivity index (χ4n) is 3.10. The number of ether oxygens (including phenoxy) is 1. The predicted octanol–water partition coefficient (Wildman–Crippen LogP) is 6.10. The molecular formula is C23H20Cl2O4S. The molecule has 3 rings (SSSR count). The molecule has 0 aliphatic carbocycles. The number of sulfone groups is 1. The fraction of sp³-hybridized carbons (Fsp3) is 0.174. The van der Waals surface area contributed by atoms with Gasteiger partial charge in [-0.1, -0.05) is 47.0 Å². The van der Waals surface area contributed by atoms with Gasteiger partial charge in [0.05, 0.1) is 17.3 Å². The van der Waals surface area contributed by atoms with E-state index in [4.69, 9.17) is 27.9 Å². The average Bonchev–Trinajstić information content (AvgIpc) is 2.72. The SMILES string of the molecule is COc1ccc(C(=O)C[C@H](c2ccc(Cl)cc2Cl)S(=O)(=O)c2ccc(C)cc2)cc1.